The van der Waals surface area contributed by atoms with Crippen molar-refractivity contribution >= 4 is 6.21 Å². The van der Waals surface area contributed by atoms with Crippen LogP contribution >= 0.6 is 0 Å². The van der Waals surface area contributed by atoms with Crippen LogP contribution in [0.4, 0.5) is 0 Å². The number of nitrogens with zero attached hydrogens (tertiary/aromatic N) is 1. The van der Waals surface area contributed by atoms with Crippen molar-refractivity contribution in [1.82, 2.24) is 5.32 Å². The first-order chi connectivity index (χ1) is 19.8. The number of rotatable bonds is 20. The molecule has 0 saturated heterocycles. The van der Waals surface area contributed by atoms with Gasteiger partial charge in [0.05, 0.1) is 18.1 Å². The number of hydrogen-bond acceptors (Lipinski definition) is 8. The topological polar surface area (TPSA) is 153 Å². The Kier molecular flexibility index (Phi) is 14.0. The van der Waals surface area contributed by atoms with Crippen molar-refractivity contribution in [3.05, 3.63) is 59.2 Å². The molecule has 0 radical (unpaired) electrons. The van der Waals surface area contributed by atoms with Gasteiger partial charge in [-0.15, -0.1) is 16.6 Å². The van der Waals surface area contributed by atoms with E-state index in [0.29, 0.717) is 31.0 Å². The largest absolute Gasteiger partial charge is 0.504 e. The minimum atomic E-state index is -0.933. The van der Waals surface area contributed by atoms with Crippen LogP contribution in [-0.2, 0) is 6.42 Å². The van der Waals surface area contributed by atoms with Gasteiger partial charge >= 0.3 is 0 Å². The maximum absolute atomic E-state index is 10.7. The van der Waals surface area contributed by atoms with Gasteiger partial charge in [0, 0.05) is 26.1 Å². The Morgan fingerprint density at radius 2 is 1.93 bits per heavy atom. The Morgan fingerprint density at radius 3 is 2.68 bits per heavy atom. The summed E-state index contributed by atoms with van der Waals surface area (Å²) in [5, 5.41) is 43.4. The molecule has 4 unspecified atom stereocenters. The molecule has 0 spiro atoms. The minimum Gasteiger partial charge on any atom is -0.504 e. The van der Waals surface area contributed by atoms with Crippen molar-refractivity contribution < 1.29 is 29.9 Å². The number of aliphatic hydroxyl groups is 5. The van der Waals surface area contributed by atoms with Crippen LogP contribution in [-0.4, -0.2) is 82.5 Å². The second-order valence-electron chi connectivity index (χ2n) is 11.2. The van der Waals surface area contributed by atoms with Gasteiger partial charge in [-0.05, 0) is 63.8 Å². The standard InChI is InChI=1S/C32H49N3O6/c1-22(17-34-18-23(2)37)25-16-28(35-19-25)30(39)21-40-32-14-24(10-12-29(32)38)9-11-27-15-26(20-36)31(41-27)8-6-4-3-5-7-13-33/h10,12,14-16,19,22-23,30-31,34,36-37,39,41H,3-9,11,13,17-18,20-21,33H2,1-2H3/p+1. The van der Waals surface area contributed by atoms with Gasteiger partial charge in [-0.25, -0.2) is 0 Å². The van der Waals surface area contributed by atoms with Gasteiger partial charge in [0.15, 0.2) is 17.6 Å². The third-order valence-electron chi connectivity index (χ3n) is 7.53. The number of phenols is 1. The van der Waals surface area contributed by atoms with Crippen molar-refractivity contribution in [1.29, 1.82) is 0 Å². The Bertz CT molecular complexity index is 1010. The van der Waals surface area contributed by atoms with E-state index < -0.39 is 12.2 Å². The monoisotopic (exact) mass is 572 g/mol. The maximum Gasteiger partial charge on any atom is 0.207 e. The molecule has 8 N–H and O–H groups in total. The summed E-state index contributed by atoms with van der Waals surface area (Å²) in [7, 11) is 0. The van der Waals surface area contributed by atoms with E-state index in [4.69, 9.17) is 15.2 Å². The predicted octanol–water partition coefficient (Wildman–Crippen LogP) is 2.87. The van der Waals surface area contributed by atoms with E-state index in [9.17, 15) is 20.4 Å². The molecule has 9 nitrogen and oxygen atoms in total. The molecule has 1 aromatic carbocycles. The summed E-state index contributed by atoms with van der Waals surface area (Å²) in [6.07, 6.45) is 13.5. The van der Waals surface area contributed by atoms with Crippen LogP contribution in [0.25, 0.3) is 0 Å². The lowest BCUT2D eigenvalue weighted by molar-refractivity contribution is -0.0552. The molecule has 0 amide bonds. The number of aliphatic imine (C=N–C) groups is 1. The van der Waals surface area contributed by atoms with Crippen LogP contribution in [0.15, 0.2) is 46.6 Å². The minimum absolute atomic E-state index is 0.0158. The molecule has 3 rings (SSSR count). The first-order valence-corrected chi connectivity index (χ1v) is 15.0. The average Bonchev–Trinajstić information content (AvgIpc) is 3.61. The van der Waals surface area contributed by atoms with Crippen LogP contribution in [0.1, 0.15) is 64.4 Å². The van der Waals surface area contributed by atoms with Crippen molar-refractivity contribution in [2.24, 2.45) is 16.6 Å². The summed E-state index contributed by atoms with van der Waals surface area (Å²) in [5.74, 6) is 1.51. The van der Waals surface area contributed by atoms with Gasteiger partial charge in [-0.3, -0.25) is 0 Å². The number of aryl methyl sites for hydroxylation is 1. The fourth-order valence-corrected chi connectivity index (χ4v) is 5.01. The lowest BCUT2D eigenvalue weighted by Gasteiger charge is -2.19. The molecule has 4 atom stereocenters. The van der Waals surface area contributed by atoms with E-state index in [2.05, 4.69) is 17.2 Å². The number of unbranched alkanes of at least 4 members (excludes halogenated alkanes) is 4. The molecule has 2 heterocycles. The number of aliphatic hydroxyl groups excluding tert-OH is 3. The normalized spacial score (nSPS) is 18.9. The second-order valence-corrected chi connectivity index (χ2v) is 11.2. The van der Waals surface area contributed by atoms with Gasteiger partial charge < -0.3 is 41.0 Å². The number of nitrogens with one attached hydrogen (secondary N) is 1. The molecule has 9 heteroatoms. The lowest BCUT2D eigenvalue weighted by Crippen LogP contribution is -2.30. The first kappa shape index (κ1) is 33.0. The van der Waals surface area contributed by atoms with E-state index in [-0.39, 0.29) is 31.0 Å². The van der Waals surface area contributed by atoms with E-state index in [1.54, 1.807) is 25.3 Å². The number of hydrogen-bond donors (Lipinski definition) is 6. The highest BCUT2D eigenvalue weighted by Gasteiger charge is 2.31. The van der Waals surface area contributed by atoms with Gasteiger partial charge in [-0.2, -0.15) is 0 Å². The Balaban J connectivity index is 1.44. The molecule has 0 aliphatic carbocycles. The Labute approximate surface area is 245 Å². The quantitative estimate of drug-likeness (QED) is 0.0798. The highest BCUT2D eigenvalue weighted by atomic mass is 16.5. The number of benzene rings is 1. The molecule has 1 aromatic rings. The van der Waals surface area contributed by atoms with E-state index in [1.807, 2.05) is 18.2 Å². The van der Waals surface area contributed by atoms with Crippen LogP contribution < -0.4 is 15.8 Å². The van der Waals surface area contributed by atoms with Crippen molar-refractivity contribution in [3.8, 4) is 11.5 Å². The second kappa shape index (κ2) is 17.4. The fourth-order valence-electron chi connectivity index (χ4n) is 5.01. The highest BCUT2D eigenvalue weighted by molar-refractivity contribution is 5.83. The molecule has 0 saturated carbocycles. The van der Waals surface area contributed by atoms with E-state index in [1.165, 1.54) is 12.8 Å². The summed E-state index contributed by atoms with van der Waals surface area (Å²) >= 11 is 0. The van der Waals surface area contributed by atoms with Gasteiger partial charge in [0.2, 0.25) is 5.70 Å². The fraction of sp³-hybridized carbons (Fsp3) is 0.594. The number of nitrogens with two attached hydrogens (primary N) is 1. The van der Waals surface area contributed by atoms with Crippen molar-refractivity contribution in [3.63, 3.8) is 0 Å². The van der Waals surface area contributed by atoms with Crippen LogP contribution in [0.2, 0.25) is 0 Å². The number of allylic oxidation sites excluding steroid dienone is 1. The molecule has 0 aromatic heterocycles. The van der Waals surface area contributed by atoms with Crippen molar-refractivity contribution in [2.45, 2.75) is 83.5 Å². The zero-order chi connectivity index (χ0) is 29.6. The van der Waals surface area contributed by atoms with Gasteiger partial charge in [0.1, 0.15) is 30.9 Å². The smallest absolute Gasteiger partial charge is 0.207 e. The number of aromatic hydroxyl groups is 1. The third kappa shape index (κ3) is 11.0. The van der Waals surface area contributed by atoms with Crippen LogP contribution in [0.5, 0.6) is 11.5 Å². The zero-order valence-electron chi connectivity index (χ0n) is 24.6. The molecule has 2 aliphatic heterocycles. The summed E-state index contributed by atoms with van der Waals surface area (Å²) in [6, 6.07) is 5.27. The maximum atomic E-state index is 10.7. The molecular weight excluding hydrogens is 522 g/mol. The van der Waals surface area contributed by atoms with Crippen molar-refractivity contribution in [2.75, 3.05) is 32.8 Å². The third-order valence-corrected chi connectivity index (χ3v) is 7.53. The van der Waals surface area contributed by atoms with E-state index >= 15 is 0 Å². The van der Waals surface area contributed by atoms with Gasteiger partial charge in [0.25, 0.3) is 0 Å². The number of phenolic OH excluding ortho intramolecular Hbond substituents is 1. The summed E-state index contributed by atoms with van der Waals surface area (Å²) < 4.78 is 10.7. The SMILES string of the molecule is CC(O)CNCC(C)[C+]1C=NC(C(O)COc2cc(CC[C-]3C=C(CO)C(CCCCCCCN)[OH+]3)ccc2O)=C1. The first-order valence-electron chi connectivity index (χ1n) is 15.0. The molecule has 228 valence electrons. The zero-order valence-corrected chi connectivity index (χ0v) is 24.6. The van der Waals surface area contributed by atoms with Gasteiger partial charge in [-0.1, -0.05) is 25.3 Å². The summed E-state index contributed by atoms with van der Waals surface area (Å²) in [5.41, 5.74) is 8.06. The molecular formula is C32H50N3O6+. The van der Waals surface area contributed by atoms with E-state index in [0.717, 1.165) is 61.8 Å². The summed E-state index contributed by atoms with van der Waals surface area (Å²) in [4.78, 5) is 4.35. The molecule has 0 fully saturated rings. The Morgan fingerprint density at radius 1 is 1.15 bits per heavy atom. The predicted molar refractivity (Wildman–Crippen MR) is 163 cm³/mol. The lowest BCUT2D eigenvalue weighted by atomic mass is 9.95. The highest BCUT2D eigenvalue weighted by Crippen LogP contribution is 2.32. The molecule has 41 heavy (non-hydrogen) atoms. The van der Waals surface area contributed by atoms with Crippen LogP contribution in [0, 0.1) is 17.9 Å². The number of ether oxygens (including phenoxy) is 2. The summed E-state index contributed by atoms with van der Waals surface area (Å²) in [6.45, 7) is 5.77. The molecule has 2 aliphatic rings. The molecule has 0 bridgehead atoms. The Hall–Kier alpha value is -2.53. The van der Waals surface area contributed by atoms with Crippen LogP contribution in [0.3, 0.4) is 0 Å². The average molecular weight is 573 g/mol.